The molecule has 0 amide bonds. The van der Waals surface area contributed by atoms with E-state index in [1.54, 1.807) is 30.3 Å². The third-order valence-corrected chi connectivity index (χ3v) is 4.09. The van der Waals surface area contributed by atoms with Crippen LogP contribution in [0.25, 0.3) is 33.8 Å². The molecule has 0 saturated heterocycles. The molecule has 4 aromatic rings. The highest BCUT2D eigenvalue weighted by Gasteiger charge is 2.18. The van der Waals surface area contributed by atoms with Crippen molar-refractivity contribution in [3.05, 3.63) is 58.7 Å². The number of fused-ring (bicyclic) bond motifs is 1. The van der Waals surface area contributed by atoms with Crippen LogP contribution < -0.4 is 15.1 Å². The second-order valence-electron chi connectivity index (χ2n) is 5.83. The van der Waals surface area contributed by atoms with Gasteiger partial charge in [-0.1, -0.05) is 17.3 Å². The van der Waals surface area contributed by atoms with Crippen LogP contribution in [0.4, 0.5) is 4.39 Å². The lowest BCUT2D eigenvalue weighted by atomic mass is 10.1. The number of hydrogen-bond acceptors (Lipinski definition) is 7. The average Bonchev–Trinajstić information content (AvgIpc) is 3.18. The number of nitrogens with zero attached hydrogens (tertiary/aromatic N) is 2. The summed E-state index contributed by atoms with van der Waals surface area (Å²) in [6.07, 6.45) is 0. The molecular formula is C20H15FN2O5. The van der Waals surface area contributed by atoms with Crippen LogP contribution in [0.1, 0.15) is 6.92 Å². The lowest BCUT2D eigenvalue weighted by Crippen LogP contribution is -2.04. The number of methoxy groups -OCH3 is 1. The summed E-state index contributed by atoms with van der Waals surface area (Å²) in [5, 5.41) is 4.48. The smallest absolute Gasteiger partial charge is 0.349 e. The highest BCUT2D eigenvalue weighted by atomic mass is 19.1. The lowest BCUT2D eigenvalue weighted by molar-refractivity contribution is 0.337. The van der Waals surface area contributed by atoms with Crippen LogP contribution in [0.2, 0.25) is 0 Å². The lowest BCUT2D eigenvalue weighted by Gasteiger charge is -2.06. The topological polar surface area (TPSA) is 87.6 Å². The molecule has 2 aromatic carbocycles. The van der Waals surface area contributed by atoms with E-state index in [0.29, 0.717) is 28.9 Å². The van der Waals surface area contributed by atoms with Crippen LogP contribution in [-0.2, 0) is 0 Å². The Morgan fingerprint density at radius 2 is 2.00 bits per heavy atom. The van der Waals surface area contributed by atoms with Gasteiger partial charge in [0.15, 0.2) is 22.9 Å². The summed E-state index contributed by atoms with van der Waals surface area (Å²) in [6, 6.07) is 11.2. The van der Waals surface area contributed by atoms with Gasteiger partial charge in [-0.05, 0) is 37.3 Å². The third kappa shape index (κ3) is 3.09. The fourth-order valence-corrected chi connectivity index (χ4v) is 2.79. The average molecular weight is 382 g/mol. The summed E-state index contributed by atoms with van der Waals surface area (Å²) in [6.45, 7) is 2.28. The number of aromatic nitrogens is 2. The maximum absolute atomic E-state index is 13.9. The van der Waals surface area contributed by atoms with E-state index >= 15 is 0 Å². The number of benzene rings is 2. The zero-order chi connectivity index (χ0) is 19.7. The monoisotopic (exact) mass is 382 g/mol. The molecule has 0 atom stereocenters. The summed E-state index contributed by atoms with van der Waals surface area (Å²) >= 11 is 0. The Balaban J connectivity index is 1.76. The minimum atomic E-state index is -0.643. The van der Waals surface area contributed by atoms with Crippen molar-refractivity contribution in [2.24, 2.45) is 0 Å². The predicted octanol–water partition coefficient (Wildman–Crippen LogP) is 4.06. The number of halogens is 1. The Hall–Kier alpha value is -3.68. The van der Waals surface area contributed by atoms with Gasteiger partial charge in [0.1, 0.15) is 5.56 Å². The summed E-state index contributed by atoms with van der Waals surface area (Å²) in [7, 11) is 1.38. The first-order chi connectivity index (χ1) is 13.6. The van der Waals surface area contributed by atoms with Gasteiger partial charge in [-0.25, -0.2) is 9.18 Å². The predicted molar refractivity (Wildman–Crippen MR) is 98.9 cm³/mol. The van der Waals surface area contributed by atoms with Crippen molar-refractivity contribution in [1.82, 2.24) is 10.1 Å². The molecule has 142 valence electrons. The largest absolute Gasteiger partial charge is 0.494 e. The van der Waals surface area contributed by atoms with E-state index in [1.807, 2.05) is 6.92 Å². The van der Waals surface area contributed by atoms with E-state index in [2.05, 4.69) is 10.1 Å². The maximum Gasteiger partial charge on any atom is 0.349 e. The van der Waals surface area contributed by atoms with Crippen LogP contribution in [-0.4, -0.2) is 23.9 Å². The standard InChI is InChI=1S/C20H15FN2O5/c1-3-26-16-6-4-5-11-9-13(20(24)27-17(11)16)19-22-18(23-28-19)12-7-8-15(25-2)14(21)10-12/h4-10H,3H2,1-2H3. The van der Waals surface area contributed by atoms with Gasteiger partial charge in [0.05, 0.1) is 13.7 Å². The highest BCUT2D eigenvalue weighted by molar-refractivity contribution is 5.85. The van der Waals surface area contributed by atoms with Gasteiger partial charge in [-0.15, -0.1) is 0 Å². The van der Waals surface area contributed by atoms with Gasteiger partial charge < -0.3 is 18.4 Å². The first-order valence-electron chi connectivity index (χ1n) is 8.48. The minimum Gasteiger partial charge on any atom is -0.494 e. The Kier molecular flexibility index (Phi) is 4.52. The number of hydrogen-bond donors (Lipinski definition) is 0. The first-order valence-corrected chi connectivity index (χ1v) is 8.48. The molecule has 0 spiro atoms. The Labute approximate surface area is 158 Å². The molecule has 8 heteroatoms. The molecule has 28 heavy (non-hydrogen) atoms. The van der Waals surface area contributed by atoms with Gasteiger partial charge in [0, 0.05) is 10.9 Å². The van der Waals surface area contributed by atoms with Gasteiger partial charge in [-0.2, -0.15) is 4.98 Å². The van der Waals surface area contributed by atoms with Gasteiger partial charge in [0.25, 0.3) is 5.89 Å². The molecule has 4 rings (SSSR count). The van der Waals surface area contributed by atoms with Crippen LogP contribution in [0, 0.1) is 5.82 Å². The van der Waals surface area contributed by atoms with Crippen molar-refractivity contribution in [2.75, 3.05) is 13.7 Å². The molecule has 2 heterocycles. The summed E-state index contributed by atoms with van der Waals surface area (Å²) in [5.74, 6) is 0.138. The first kappa shape index (κ1) is 17.7. The van der Waals surface area contributed by atoms with E-state index in [1.165, 1.54) is 19.2 Å². The molecule has 7 nitrogen and oxygen atoms in total. The van der Waals surface area contributed by atoms with Crippen molar-refractivity contribution in [2.45, 2.75) is 6.92 Å². The molecule has 0 fully saturated rings. The Bertz CT molecular complexity index is 1210. The molecule has 0 N–H and O–H groups in total. The SMILES string of the molecule is CCOc1cccc2cc(-c3nc(-c4ccc(OC)c(F)c4)no3)c(=O)oc12. The number of rotatable bonds is 5. The quantitative estimate of drug-likeness (QED) is 0.481. The molecule has 0 radical (unpaired) electrons. The van der Waals surface area contributed by atoms with Crippen molar-refractivity contribution in [1.29, 1.82) is 0 Å². The molecule has 0 aliphatic heterocycles. The van der Waals surface area contributed by atoms with E-state index in [9.17, 15) is 9.18 Å². The Morgan fingerprint density at radius 1 is 1.14 bits per heavy atom. The minimum absolute atomic E-state index is 0.0244. The second-order valence-corrected chi connectivity index (χ2v) is 5.83. The van der Waals surface area contributed by atoms with Crippen molar-refractivity contribution >= 4 is 11.0 Å². The highest BCUT2D eigenvalue weighted by Crippen LogP contribution is 2.29. The Morgan fingerprint density at radius 3 is 2.75 bits per heavy atom. The molecule has 0 unspecified atom stereocenters. The number of para-hydroxylation sites is 1. The van der Waals surface area contributed by atoms with E-state index in [0.717, 1.165) is 0 Å². The van der Waals surface area contributed by atoms with Gasteiger partial charge >= 0.3 is 5.63 Å². The normalized spacial score (nSPS) is 11.0. The molecule has 0 saturated carbocycles. The molecule has 0 aliphatic rings. The molecule has 2 aromatic heterocycles. The van der Waals surface area contributed by atoms with Crippen molar-refractivity contribution in [3.63, 3.8) is 0 Å². The summed E-state index contributed by atoms with van der Waals surface area (Å²) < 4.78 is 34.9. The van der Waals surface area contributed by atoms with Crippen molar-refractivity contribution < 1.29 is 22.8 Å². The second kappa shape index (κ2) is 7.15. The summed E-state index contributed by atoms with van der Waals surface area (Å²) in [5.41, 5.74) is 0.191. The van der Waals surface area contributed by atoms with E-state index in [4.69, 9.17) is 18.4 Å². The molecule has 0 bridgehead atoms. The zero-order valence-electron chi connectivity index (χ0n) is 15.1. The van der Waals surface area contributed by atoms with Crippen LogP contribution in [0.15, 0.2) is 56.2 Å². The molecular weight excluding hydrogens is 367 g/mol. The molecule has 0 aliphatic carbocycles. The maximum atomic E-state index is 13.9. The van der Waals surface area contributed by atoms with Gasteiger partial charge in [-0.3, -0.25) is 0 Å². The summed E-state index contributed by atoms with van der Waals surface area (Å²) in [4.78, 5) is 16.6. The van der Waals surface area contributed by atoms with Crippen LogP contribution in [0.3, 0.4) is 0 Å². The fourth-order valence-electron chi connectivity index (χ4n) is 2.79. The van der Waals surface area contributed by atoms with Gasteiger partial charge in [0.2, 0.25) is 5.82 Å². The van der Waals surface area contributed by atoms with Crippen LogP contribution >= 0.6 is 0 Å². The van der Waals surface area contributed by atoms with E-state index < -0.39 is 11.4 Å². The van der Waals surface area contributed by atoms with E-state index in [-0.39, 0.29) is 23.0 Å². The zero-order valence-corrected chi connectivity index (χ0v) is 15.1. The number of ether oxygens (including phenoxy) is 2. The third-order valence-electron chi connectivity index (χ3n) is 4.09. The van der Waals surface area contributed by atoms with Crippen molar-refractivity contribution in [3.8, 4) is 34.3 Å². The van der Waals surface area contributed by atoms with Crippen LogP contribution in [0.5, 0.6) is 11.5 Å². The fraction of sp³-hybridized carbons (Fsp3) is 0.150.